The fourth-order valence-electron chi connectivity index (χ4n) is 1.60. The average Bonchev–Trinajstić information content (AvgIpc) is 3.22. The molecular formula is C13H17N3O3. The molecule has 1 aromatic rings. The van der Waals surface area contributed by atoms with Gasteiger partial charge in [0.2, 0.25) is 5.91 Å². The molecule has 19 heavy (non-hydrogen) atoms. The second-order valence-electron chi connectivity index (χ2n) is 4.44. The second-order valence-corrected chi connectivity index (χ2v) is 4.44. The lowest BCUT2D eigenvalue weighted by atomic mass is 10.2. The number of pyridine rings is 1. The number of esters is 1. The molecule has 6 heteroatoms. The number of rotatable bonds is 6. The molecule has 0 spiro atoms. The molecule has 1 saturated carbocycles. The van der Waals surface area contributed by atoms with Gasteiger partial charge >= 0.3 is 5.97 Å². The smallest absolute Gasteiger partial charge is 0.338 e. The van der Waals surface area contributed by atoms with Gasteiger partial charge in [-0.25, -0.2) is 9.78 Å². The van der Waals surface area contributed by atoms with Crippen LogP contribution in [0.3, 0.4) is 0 Å². The molecule has 0 aromatic carbocycles. The molecule has 2 rings (SSSR count). The minimum Gasteiger partial charge on any atom is -0.465 e. The minimum absolute atomic E-state index is 0.0409. The maximum atomic E-state index is 11.5. The Morgan fingerprint density at radius 3 is 2.95 bits per heavy atom. The Balaban J connectivity index is 1.78. The fourth-order valence-corrected chi connectivity index (χ4v) is 1.60. The summed E-state index contributed by atoms with van der Waals surface area (Å²) in [6.45, 7) is 0.482. The number of carbonyl (C=O) groups excluding carboxylic acids is 2. The molecule has 0 bridgehead atoms. The van der Waals surface area contributed by atoms with Crippen molar-refractivity contribution in [3.05, 3.63) is 23.9 Å². The summed E-state index contributed by atoms with van der Waals surface area (Å²) in [4.78, 5) is 26.9. The third-order valence-corrected chi connectivity index (χ3v) is 2.78. The van der Waals surface area contributed by atoms with E-state index in [0.717, 1.165) is 12.8 Å². The lowest BCUT2D eigenvalue weighted by Gasteiger charge is -2.07. The van der Waals surface area contributed by atoms with E-state index in [2.05, 4.69) is 20.4 Å². The van der Waals surface area contributed by atoms with Crippen molar-refractivity contribution in [2.45, 2.75) is 25.3 Å². The summed E-state index contributed by atoms with van der Waals surface area (Å²) in [6, 6.07) is 3.56. The maximum Gasteiger partial charge on any atom is 0.338 e. The van der Waals surface area contributed by atoms with E-state index in [0.29, 0.717) is 30.4 Å². The van der Waals surface area contributed by atoms with Crippen molar-refractivity contribution < 1.29 is 14.3 Å². The Labute approximate surface area is 111 Å². The first kappa shape index (κ1) is 13.3. The fraction of sp³-hybridized carbons (Fsp3) is 0.462. The lowest BCUT2D eigenvalue weighted by Crippen LogP contribution is -2.27. The van der Waals surface area contributed by atoms with E-state index in [4.69, 9.17) is 0 Å². The van der Waals surface area contributed by atoms with Crippen LogP contribution in [0.5, 0.6) is 0 Å². The summed E-state index contributed by atoms with van der Waals surface area (Å²) >= 11 is 0. The zero-order valence-corrected chi connectivity index (χ0v) is 10.8. The standard InChI is InChI=1S/C13H17N3O3/c1-19-13(18)9-4-6-14-11(8-9)15-7-5-12(17)16-10-2-3-10/h4,6,8,10H,2-3,5,7H2,1H3,(H,14,15)(H,16,17). The molecule has 0 saturated heterocycles. The monoisotopic (exact) mass is 263 g/mol. The number of methoxy groups -OCH3 is 1. The summed E-state index contributed by atoms with van der Waals surface area (Å²) in [5.74, 6) is 0.193. The molecule has 0 radical (unpaired) electrons. The minimum atomic E-state index is -0.406. The molecule has 1 heterocycles. The van der Waals surface area contributed by atoms with Gasteiger partial charge in [-0.3, -0.25) is 4.79 Å². The van der Waals surface area contributed by atoms with Crippen molar-refractivity contribution in [3.63, 3.8) is 0 Å². The Kier molecular flexibility index (Phi) is 4.33. The van der Waals surface area contributed by atoms with Crippen LogP contribution in [0.25, 0.3) is 0 Å². The summed E-state index contributed by atoms with van der Waals surface area (Å²) in [5.41, 5.74) is 0.433. The van der Waals surface area contributed by atoms with Gasteiger partial charge in [-0.15, -0.1) is 0 Å². The second kappa shape index (κ2) is 6.17. The first-order valence-corrected chi connectivity index (χ1v) is 6.26. The molecular weight excluding hydrogens is 246 g/mol. The van der Waals surface area contributed by atoms with Gasteiger partial charge in [-0.2, -0.15) is 0 Å². The molecule has 1 aromatic heterocycles. The molecule has 6 nitrogen and oxygen atoms in total. The van der Waals surface area contributed by atoms with Crippen LogP contribution in [0.15, 0.2) is 18.3 Å². The van der Waals surface area contributed by atoms with Gasteiger partial charge in [0, 0.05) is 25.2 Å². The number of amides is 1. The van der Waals surface area contributed by atoms with Gasteiger partial charge in [0.15, 0.2) is 0 Å². The highest BCUT2D eigenvalue weighted by Gasteiger charge is 2.22. The molecule has 0 unspecified atom stereocenters. The highest BCUT2D eigenvalue weighted by atomic mass is 16.5. The van der Waals surface area contributed by atoms with Gasteiger partial charge in [-0.05, 0) is 25.0 Å². The van der Waals surface area contributed by atoms with Crippen LogP contribution in [-0.4, -0.2) is 36.6 Å². The number of nitrogens with zero attached hydrogens (tertiary/aromatic N) is 1. The van der Waals surface area contributed by atoms with E-state index in [1.165, 1.54) is 13.3 Å². The third-order valence-electron chi connectivity index (χ3n) is 2.78. The quantitative estimate of drug-likeness (QED) is 0.747. The molecule has 0 aliphatic heterocycles. The number of nitrogens with one attached hydrogen (secondary N) is 2. The van der Waals surface area contributed by atoms with Crippen LogP contribution in [0.4, 0.5) is 5.82 Å². The number of hydrogen-bond acceptors (Lipinski definition) is 5. The summed E-state index contributed by atoms with van der Waals surface area (Å²) in [5, 5.41) is 5.91. The van der Waals surface area contributed by atoms with Crippen LogP contribution in [-0.2, 0) is 9.53 Å². The van der Waals surface area contributed by atoms with E-state index < -0.39 is 5.97 Å². The van der Waals surface area contributed by atoms with Gasteiger partial charge in [0.1, 0.15) is 5.82 Å². The summed E-state index contributed by atoms with van der Waals surface area (Å²) < 4.78 is 4.63. The Morgan fingerprint density at radius 2 is 2.26 bits per heavy atom. The van der Waals surface area contributed by atoms with Gasteiger partial charge < -0.3 is 15.4 Å². The largest absolute Gasteiger partial charge is 0.465 e. The van der Waals surface area contributed by atoms with Crippen molar-refractivity contribution >= 4 is 17.7 Å². The Bertz CT molecular complexity index is 472. The molecule has 102 valence electrons. The van der Waals surface area contributed by atoms with E-state index >= 15 is 0 Å². The van der Waals surface area contributed by atoms with Crippen molar-refractivity contribution in [2.75, 3.05) is 19.0 Å². The number of ether oxygens (including phenoxy) is 1. The highest BCUT2D eigenvalue weighted by molar-refractivity contribution is 5.90. The predicted octanol–water partition coefficient (Wildman–Crippen LogP) is 0.949. The number of anilines is 1. The van der Waals surface area contributed by atoms with E-state index in [9.17, 15) is 9.59 Å². The predicted molar refractivity (Wildman–Crippen MR) is 69.8 cm³/mol. The molecule has 1 aliphatic rings. The van der Waals surface area contributed by atoms with E-state index in [1.807, 2.05) is 0 Å². The Morgan fingerprint density at radius 1 is 1.47 bits per heavy atom. The zero-order chi connectivity index (χ0) is 13.7. The molecule has 1 fully saturated rings. The summed E-state index contributed by atoms with van der Waals surface area (Å²) in [6.07, 6.45) is 4.09. The van der Waals surface area contributed by atoms with Crippen molar-refractivity contribution in [1.82, 2.24) is 10.3 Å². The third kappa shape index (κ3) is 4.24. The van der Waals surface area contributed by atoms with E-state index in [-0.39, 0.29) is 5.91 Å². The van der Waals surface area contributed by atoms with Crippen LogP contribution in [0, 0.1) is 0 Å². The van der Waals surface area contributed by atoms with Gasteiger partial charge in [-0.1, -0.05) is 0 Å². The lowest BCUT2D eigenvalue weighted by molar-refractivity contribution is -0.120. The average molecular weight is 263 g/mol. The molecule has 2 N–H and O–H groups in total. The number of aromatic nitrogens is 1. The Hall–Kier alpha value is -2.11. The number of carbonyl (C=O) groups is 2. The van der Waals surface area contributed by atoms with Crippen molar-refractivity contribution in [3.8, 4) is 0 Å². The zero-order valence-electron chi connectivity index (χ0n) is 10.8. The van der Waals surface area contributed by atoms with Crippen LogP contribution < -0.4 is 10.6 Å². The van der Waals surface area contributed by atoms with Gasteiger partial charge in [0.05, 0.1) is 12.7 Å². The molecule has 0 atom stereocenters. The summed E-state index contributed by atoms with van der Waals surface area (Å²) in [7, 11) is 1.33. The van der Waals surface area contributed by atoms with Crippen LogP contribution in [0.1, 0.15) is 29.6 Å². The highest BCUT2D eigenvalue weighted by Crippen LogP contribution is 2.18. The first-order chi connectivity index (χ1) is 9.19. The van der Waals surface area contributed by atoms with Crippen LogP contribution in [0.2, 0.25) is 0 Å². The van der Waals surface area contributed by atoms with Crippen LogP contribution >= 0.6 is 0 Å². The first-order valence-electron chi connectivity index (χ1n) is 6.26. The van der Waals surface area contributed by atoms with Crippen molar-refractivity contribution in [1.29, 1.82) is 0 Å². The topological polar surface area (TPSA) is 80.3 Å². The molecule has 1 amide bonds. The SMILES string of the molecule is COC(=O)c1ccnc(NCCC(=O)NC2CC2)c1. The van der Waals surface area contributed by atoms with E-state index in [1.54, 1.807) is 12.1 Å². The maximum absolute atomic E-state index is 11.5. The number of hydrogen-bond donors (Lipinski definition) is 2. The normalized spacial score (nSPS) is 13.7. The van der Waals surface area contributed by atoms with Crippen molar-refractivity contribution in [2.24, 2.45) is 0 Å². The molecule has 1 aliphatic carbocycles. The van der Waals surface area contributed by atoms with Gasteiger partial charge in [0.25, 0.3) is 0 Å².